The van der Waals surface area contributed by atoms with Gasteiger partial charge in [0.05, 0.1) is 5.69 Å². The van der Waals surface area contributed by atoms with Crippen molar-refractivity contribution in [2.75, 3.05) is 18.5 Å². The maximum Gasteiger partial charge on any atom is 0.277 e. The normalized spacial score (nSPS) is 18.6. The summed E-state index contributed by atoms with van der Waals surface area (Å²) in [6.07, 6.45) is 5.32. The first-order valence-corrected chi connectivity index (χ1v) is 9.09. The van der Waals surface area contributed by atoms with E-state index in [4.69, 9.17) is 4.74 Å². The van der Waals surface area contributed by atoms with Gasteiger partial charge in [-0.15, -0.1) is 11.3 Å². The molecule has 0 radical (unpaired) electrons. The Morgan fingerprint density at radius 3 is 3.04 bits per heavy atom. The van der Waals surface area contributed by atoms with Crippen LogP contribution in [0.4, 0.5) is 5.13 Å². The minimum Gasteiger partial charge on any atom is -0.381 e. The molecule has 0 atom stereocenters. The third-order valence-corrected chi connectivity index (χ3v) is 5.31. The zero-order chi connectivity index (χ0) is 15.6. The van der Waals surface area contributed by atoms with Gasteiger partial charge in [-0.3, -0.25) is 14.8 Å². The molecular weight excluding hydrogens is 312 g/mol. The van der Waals surface area contributed by atoms with Gasteiger partial charge >= 0.3 is 0 Å². The molecule has 1 N–H and O–H groups in total. The summed E-state index contributed by atoms with van der Waals surface area (Å²) >= 11 is 1.48. The summed E-state index contributed by atoms with van der Waals surface area (Å²) < 4.78 is 7.34. The smallest absolute Gasteiger partial charge is 0.277 e. The molecule has 4 rings (SSSR count). The lowest BCUT2D eigenvalue weighted by molar-refractivity contribution is 0.0846. The SMILES string of the molecule is O=C(Nc1nc(C2CCOCC2)cs1)c1cc2n(n1)CCCC2. The molecule has 0 aromatic carbocycles. The van der Waals surface area contributed by atoms with Crippen LogP contribution < -0.4 is 5.32 Å². The Kier molecular flexibility index (Phi) is 4.13. The van der Waals surface area contributed by atoms with Crippen LogP contribution in [0.1, 0.15) is 53.5 Å². The van der Waals surface area contributed by atoms with Crippen molar-refractivity contribution in [2.24, 2.45) is 0 Å². The van der Waals surface area contributed by atoms with E-state index in [1.165, 1.54) is 17.8 Å². The molecule has 0 aliphatic carbocycles. The Morgan fingerprint density at radius 2 is 2.22 bits per heavy atom. The number of amides is 1. The fourth-order valence-corrected chi connectivity index (χ4v) is 4.00. The van der Waals surface area contributed by atoms with Crippen LogP contribution in [-0.2, 0) is 17.7 Å². The molecule has 2 aromatic rings. The largest absolute Gasteiger partial charge is 0.381 e. The number of carbonyl (C=O) groups is 1. The number of fused-ring (bicyclic) bond motifs is 1. The van der Waals surface area contributed by atoms with E-state index in [1.807, 2.05) is 16.1 Å². The first-order valence-electron chi connectivity index (χ1n) is 8.21. The molecule has 1 amide bonds. The van der Waals surface area contributed by atoms with E-state index in [-0.39, 0.29) is 5.91 Å². The number of nitrogens with zero attached hydrogens (tertiary/aromatic N) is 3. The van der Waals surface area contributed by atoms with Gasteiger partial charge in [0, 0.05) is 36.8 Å². The number of carbonyl (C=O) groups excluding carboxylic acids is 1. The van der Waals surface area contributed by atoms with E-state index >= 15 is 0 Å². The maximum atomic E-state index is 12.4. The molecule has 1 fully saturated rings. The van der Waals surface area contributed by atoms with Gasteiger partial charge in [0.25, 0.3) is 5.91 Å². The number of aryl methyl sites for hydroxylation is 2. The maximum absolute atomic E-state index is 12.4. The number of hydrogen-bond acceptors (Lipinski definition) is 5. The van der Waals surface area contributed by atoms with Crippen molar-refractivity contribution in [3.8, 4) is 0 Å². The van der Waals surface area contributed by atoms with Crippen molar-refractivity contribution >= 4 is 22.4 Å². The molecule has 122 valence electrons. The molecular formula is C16H20N4O2S. The fourth-order valence-electron chi connectivity index (χ4n) is 3.21. The molecule has 1 saturated heterocycles. The number of nitrogens with one attached hydrogen (secondary N) is 1. The monoisotopic (exact) mass is 332 g/mol. The average Bonchev–Trinajstić information content (AvgIpc) is 3.22. The minimum atomic E-state index is -0.167. The van der Waals surface area contributed by atoms with Crippen molar-refractivity contribution < 1.29 is 9.53 Å². The molecule has 6 nitrogen and oxygen atoms in total. The van der Waals surface area contributed by atoms with Crippen molar-refractivity contribution in [3.63, 3.8) is 0 Å². The molecule has 2 aromatic heterocycles. The zero-order valence-corrected chi connectivity index (χ0v) is 13.8. The number of thiazole rings is 1. The van der Waals surface area contributed by atoms with Crippen LogP contribution in [0.3, 0.4) is 0 Å². The lowest BCUT2D eigenvalue weighted by atomic mass is 9.98. The molecule has 7 heteroatoms. The number of anilines is 1. The summed E-state index contributed by atoms with van der Waals surface area (Å²) in [6.45, 7) is 2.50. The molecule has 0 unspecified atom stereocenters. The predicted octanol–water partition coefficient (Wildman–Crippen LogP) is 2.82. The van der Waals surface area contributed by atoms with Gasteiger partial charge in [0.1, 0.15) is 0 Å². The van der Waals surface area contributed by atoms with Crippen LogP contribution >= 0.6 is 11.3 Å². The second-order valence-electron chi connectivity index (χ2n) is 6.12. The van der Waals surface area contributed by atoms with Gasteiger partial charge in [-0.1, -0.05) is 0 Å². The molecule has 23 heavy (non-hydrogen) atoms. The second kappa shape index (κ2) is 6.41. The Hall–Kier alpha value is -1.73. The van der Waals surface area contributed by atoms with Crippen molar-refractivity contribution in [2.45, 2.75) is 44.6 Å². The standard InChI is InChI=1S/C16H20N4O2S/c21-15(13-9-12-3-1-2-6-20(12)19-13)18-16-17-14(10-23-16)11-4-7-22-8-5-11/h9-11H,1-8H2,(H,17,18,21). The van der Waals surface area contributed by atoms with Gasteiger partial charge in [0.15, 0.2) is 10.8 Å². The van der Waals surface area contributed by atoms with Crippen LogP contribution in [0.5, 0.6) is 0 Å². The number of aromatic nitrogens is 3. The summed E-state index contributed by atoms with van der Waals surface area (Å²) in [6, 6.07) is 1.90. The van der Waals surface area contributed by atoms with E-state index in [9.17, 15) is 4.79 Å². The summed E-state index contributed by atoms with van der Waals surface area (Å²) in [5.74, 6) is 0.283. The molecule has 0 saturated carbocycles. The van der Waals surface area contributed by atoms with Gasteiger partial charge in [0.2, 0.25) is 0 Å². The quantitative estimate of drug-likeness (QED) is 0.938. The van der Waals surface area contributed by atoms with E-state index in [0.29, 0.717) is 16.7 Å². The summed E-state index contributed by atoms with van der Waals surface area (Å²) in [7, 11) is 0. The van der Waals surface area contributed by atoms with Gasteiger partial charge in [-0.25, -0.2) is 4.98 Å². The molecule has 0 spiro atoms. The van der Waals surface area contributed by atoms with Crippen molar-refractivity contribution in [1.82, 2.24) is 14.8 Å². The molecule has 2 aliphatic heterocycles. The Morgan fingerprint density at radius 1 is 1.35 bits per heavy atom. The fraction of sp³-hybridized carbons (Fsp3) is 0.562. The molecule has 4 heterocycles. The first-order chi connectivity index (χ1) is 11.3. The molecule has 0 bridgehead atoms. The average molecular weight is 332 g/mol. The van der Waals surface area contributed by atoms with Crippen molar-refractivity contribution in [1.29, 1.82) is 0 Å². The highest BCUT2D eigenvalue weighted by Gasteiger charge is 2.21. The van der Waals surface area contributed by atoms with Crippen LogP contribution in [0.25, 0.3) is 0 Å². The van der Waals surface area contributed by atoms with Crippen LogP contribution in [0, 0.1) is 0 Å². The number of rotatable bonds is 3. The number of hydrogen-bond donors (Lipinski definition) is 1. The lowest BCUT2D eigenvalue weighted by Gasteiger charge is -2.19. The lowest BCUT2D eigenvalue weighted by Crippen LogP contribution is -2.15. The Bertz CT molecular complexity index is 679. The third-order valence-electron chi connectivity index (χ3n) is 4.53. The minimum absolute atomic E-state index is 0.167. The highest BCUT2D eigenvalue weighted by molar-refractivity contribution is 7.14. The Labute approximate surface area is 138 Å². The molecule has 2 aliphatic rings. The summed E-state index contributed by atoms with van der Waals surface area (Å²) in [5, 5.41) is 10.00. The predicted molar refractivity (Wildman–Crippen MR) is 88.0 cm³/mol. The summed E-state index contributed by atoms with van der Waals surface area (Å²) in [4.78, 5) is 17.0. The topological polar surface area (TPSA) is 69.0 Å². The number of ether oxygens (including phenoxy) is 1. The van der Waals surface area contributed by atoms with Crippen molar-refractivity contribution in [3.05, 3.63) is 28.5 Å². The van der Waals surface area contributed by atoms with E-state index in [2.05, 4.69) is 15.4 Å². The summed E-state index contributed by atoms with van der Waals surface area (Å²) in [5.41, 5.74) is 2.71. The Balaban J connectivity index is 1.44. The zero-order valence-electron chi connectivity index (χ0n) is 13.0. The van der Waals surface area contributed by atoms with Crippen LogP contribution in [0.2, 0.25) is 0 Å². The van der Waals surface area contributed by atoms with Gasteiger partial charge < -0.3 is 4.74 Å². The van der Waals surface area contributed by atoms with Crippen LogP contribution in [-0.4, -0.2) is 33.9 Å². The highest BCUT2D eigenvalue weighted by atomic mass is 32.1. The van der Waals surface area contributed by atoms with Gasteiger partial charge in [-0.2, -0.15) is 5.10 Å². The third kappa shape index (κ3) is 3.16. The second-order valence-corrected chi connectivity index (χ2v) is 6.98. The van der Waals surface area contributed by atoms with E-state index in [0.717, 1.165) is 56.8 Å². The highest BCUT2D eigenvalue weighted by Crippen LogP contribution is 2.29. The van der Waals surface area contributed by atoms with Gasteiger partial charge in [-0.05, 0) is 38.2 Å². The van der Waals surface area contributed by atoms with E-state index in [1.54, 1.807) is 0 Å². The van der Waals surface area contributed by atoms with E-state index < -0.39 is 0 Å². The van der Waals surface area contributed by atoms with Crippen LogP contribution in [0.15, 0.2) is 11.4 Å². The first kappa shape index (κ1) is 14.8.